The SMILES string of the molecule is CC[C@H](C(=O)N[C@@H](C)CC)N(Cc1ccc(OC)cc1)C(=O)Cc1cc(C)cc(C)c1. The molecule has 0 aliphatic heterocycles. The summed E-state index contributed by atoms with van der Waals surface area (Å²) in [6.45, 7) is 10.4. The highest BCUT2D eigenvalue weighted by atomic mass is 16.5. The van der Waals surface area contributed by atoms with Gasteiger partial charge < -0.3 is 15.0 Å². The van der Waals surface area contributed by atoms with Crippen LogP contribution in [0.3, 0.4) is 0 Å². The van der Waals surface area contributed by atoms with Crippen LogP contribution in [0.15, 0.2) is 42.5 Å². The van der Waals surface area contributed by atoms with Crippen molar-refractivity contribution in [3.05, 3.63) is 64.7 Å². The van der Waals surface area contributed by atoms with Gasteiger partial charge in [-0.3, -0.25) is 9.59 Å². The van der Waals surface area contributed by atoms with Crippen LogP contribution in [0.1, 0.15) is 55.9 Å². The van der Waals surface area contributed by atoms with Gasteiger partial charge in [0.25, 0.3) is 0 Å². The van der Waals surface area contributed by atoms with Gasteiger partial charge in [0.2, 0.25) is 11.8 Å². The van der Waals surface area contributed by atoms with Crippen LogP contribution < -0.4 is 10.1 Å². The number of carbonyl (C=O) groups is 2. The summed E-state index contributed by atoms with van der Waals surface area (Å²) in [6.07, 6.45) is 1.67. The highest BCUT2D eigenvalue weighted by Gasteiger charge is 2.29. The second-order valence-electron chi connectivity index (χ2n) is 8.28. The van der Waals surface area contributed by atoms with E-state index in [4.69, 9.17) is 4.74 Å². The molecule has 0 saturated carbocycles. The molecule has 2 rings (SSSR count). The van der Waals surface area contributed by atoms with Crippen LogP contribution in [0, 0.1) is 13.8 Å². The number of rotatable bonds is 10. The number of benzene rings is 2. The molecule has 2 amide bonds. The van der Waals surface area contributed by atoms with Crippen molar-refractivity contribution < 1.29 is 14.3 Å². The first kappa shape index (κ1) is 24.4. The van der Waals surface area contributed by atoms with Gasteiger partial charge in [0, 0.05) is 12.6 Å². The molecule has 1 N–H and O–H groups in total. The van der Waals surface area contributed by atoms with Crippen LogP contribution in [0.5, 0.6) is 5.75 Å². The van der Waals surface area contributed by atoms with E-state index in [0.717, 1.165) is 34.4 Å². The van der Waals surface area contributed by atoms with E-state index in [1.807, 2.05) is 71.0 Å². The summed E-state index contributed by atoms with van der Waals surface area (Å²) in [5.41, 5.74) is 4.20. The Kier molecular flexibility index (Phi) is 9.10. The van der Waals surface area contributed by atoms with Gasteiger partial charge >= 0.3 is 0 Å². The normalized spacial score (nSPS) is 12.7. The largest absolute Gasteiger partial charge is 0.497 e. The quantitative estimate of drug-likeness (QED) is 0.607. The Morgan fingerprint density at radius 3 is 2.10 bits per heavy atom. The number of hydrogen-bond donors (Lipinski definition) is 1. The molecule has 5 nitrogen and oxygen atoms in total. The van der Waals surface area contributed by atoms with E-state index in [9.17, 15) is 9.59 Å². The van der Waals surface area contributed by atoms with Crippen molar-refractivity contribution >= 4 is 11.8 Å². The fourth-order valence-corrected chi connectivity index (χ4v) is 3.74. The van der Waals surface area contributed by atoms with Gasteiger partial charge in [0.1, 0.15) is 11.8 Å². The van der Waals surface area contributed by atoms with Crippen molar-refractivity contribution in [3.63, 3.8) is 0 Å². The second kappa shape index (κ2) is 11.5. The monoisotopic (exact) mass is 424 g/mol. The van der Waals surface area contributed by atoms with Crippen LogP contribution in [-0.4, -0.2) is 35.9 Å². The Hall–Kier alpha value is -2.82. The molecule has 31 heavy (non-hydrogen) atoms. The van der Waals surface area contributed by atoms with Crippen LogP contribution in [0.2, 0.25) is 0 Å². The Morgan fingerprint density at radius 2 is 1.58 bits per heavy atom. The summed E-state index contributed by atoms with van der Waals surface area (Å²) in [5, 5.41) is 3.05. The molecule has 0 aliphatic carbocycles. The summed E-state index contributed by atoms with van der Waals surface area (Å²) < 4.78 is 5.24. The topological polar surface area (TPSA) is 58.6 Å². The van der Waals surface area contributed by atoms with Gasteiger partial charge in [-0.05, 0) is 56.9 Å². The van der Waals surface area contributed by atoms with Gasteiger partial charge in [-0.15, -0.1) is 0 Å². The molecular formula is C26H36N2O3. The Morgan fingerprint density at radius 1 is 0.968 bits per heavy atom. The van der Waals surface area contributed by atoms with Gasteiger partial charge in [0.05, 0.1) is 13.5 Å². The minimum absolute atomic E-state index is 0.0491. The lowest BCUT2D eigenvalue weighted by Gasteiger charge is -2.31. The maximum Gasteiger partial charge on any atom is 0.243 e. The molecule has 0 radical (unpaired) electrons. The van der Waals surface area contributed by atoms with E-state index < -0.39 is 6.04 Å². The summed E-state index contributed by atoms with van der Waals surface area (Å²) in [7, 11) is 1.63. The van der Waals surface area contributed by atoms with E-state index in [2.05, 4.69) is 11.4 Å². The van der Waals surface area contributed by atoms with Crippen molar-refractivity contribution in [2.75, 3.05) is 7.11 Å². The lowest BCUT2D eigenvalue weighted by atomic mass is 10.0. The number of methoxy groups -OCH3 is 1. The lowest BCUT2D eigenvalue weighted by Crippen LogP contribution is -2.51. The van der Waals surface area contributed by atoms with Crippen molar-refractivity contribution in [3.8, 4) is 5.75 Å². The molecule has 0 aliphatic rings. The van der Waals surface area contributed by atoms with E-state index >= 15 is 0 Å². The zero-order valence-corrected chi connectivity index (χ0v) is 19.7. The maximum absolute atomic E-state index is 13.4. The molecule has 0 unspecified atom stereocenters. The summed E-state index contributed by atoms with van der Waals surface area (Å²) in [4.78, 5) is 28.2. The molecule has 2 aromatic carbocycles. The molecular weight excluding hydrogens is 388 g/mol. The number of aryl methyl sites for hydroxylation is 2. The van der Waals surface area contributed by atoms with Crippen LogP contribution in [0.4, 0.5) is 0 Å². The molecule has 2 aromatic rings. The number of nitrogens with one attached hydrogen (secondary N) is 1. The van der Waals surface area contributed by atoms with Gasteiger partial charge in [-0.25, -0.2) is 0 Å². The zero-order valence-electron chi connectivity index (χ0n) is 19.7. The fourth-order valence-electron chi connectivity index (χ4n) is 3.74. The highest BCUT2D eigenvalue weighted by molar-refractivity contribution is 5.88. The number of ether oxygens (including phenoxy) is 1. The lowest BCUT2D eigenvalue weighted by molar-refractivity contribution is -0.141. The first-order valence-electron chi connectivity index (χ1n) is 11.1. The Balaban J connectivity index is 2.31. The van der Waals surface area contributed by atoms with Crippen LogP contribution in [0.25, 0.3) is 0 Å². The van der Waals surface area contributed by atoms with E-state index in [1.165, 1.54) is 0 Å². The number of carbonyl (C=O) groups excluding carboxylic acids is 2. The first-order chi connectivity index (χ1) is 14.8. The molecule has 0 spiro atoms. The number of hydrogen-bond acceptors (Lipinski definition) is 3. The van der Waals surface area contributed by atoms with E-state index in [0.29, 0.717) is 13.0 Å². The first-order valence-corrected chi connectivity index (χ1v) is 11.1. The van der Waals surface area contributed by atoms with Crippen molar-refractivity contribution in [2.24, 2.45) is 0 Å². The van der Waals surface area contributed by atoms with Crippen molar-refractivity contribution in [1.29, 1.82) is 0 Å². The third-order valence-electron chi connectivity index (χ3n) is 5.54. The number of nitrogens with zero attached hydrogens (tertiary/aromatic N) is 1. The van der Waals surface area contributed by atoms with E-state index in [1.54, 1.807) is 12.0 Å². The smallest absolute Gasteiger partial charge is 0.243 e. The van der Waals surface area contributed by atoms with Crippen LogP contribution >= 0.6 is 0 Å². The average Bonchev–Trinajstić information content (AvgIpc) is 2.73. The molecule has 0 aromatic heterocycles. The van der Waals surface area contributed by atoms with Crippen molar-refractivity contribution in [1.82, 2.24) is 10.2 Å². The molecule has 0 saturated heterocycles. The summed E-state index contributed by atoms with van der Waals surface area (Å²) >= 11 is 0. The van der Waals surface area contributed by atoms with Gasteiger partial charge in [-0.1, -0.05) is 55.3 Å². The van der Waals surface area contributed by atoms with Gasteiger partial charge in [0.15, 0.2) is 0 Å². The third kappa shape index (κ3) is 7.12. The van der Waals surface area contributed by atoms with E-state index in [-0.39, 0.29) is 24.3 Å². The molecule has 2 atom stereocenters. The third-order valence-corrected chi connectivity index (χ3v) is 5.54. The average molecular weight is 425 g/mol. The second-order valence-corrected chi connectivity index (χ2v) is 8.28. The van der Waals surface area contributed by atoms with Crippen LogP contribution in [-0.2, 0) is 22.6 Å². The van der Waals surface area contributed by atoms with Gasteiger partial charge in [-0.2, -0.15) is 0 Å². The highest BCUT2D eigenvalue weighted by Crippen LogP contribution is 2.18. The zero-order chi connectivity index (χ0) is 23.0. The summed E-state index contributed by atoms with van der Waals surface area (Å²) in [5.74, 6) is 0.615. The maximum atomic E-state index is 13.4. The Bertz CT molecular complexity index is 856. The van der Waals surface area contributed by atoms with Crippen molar-refractivity contribution in [2.45, 2.75) is 72.5 Å². The molecule has 0 heterocycles. The molecule has 168 valence electrons. The minimum Gasteiger partial charge on any atom is -0.497 e. The molecule has 5 heteroatoms. The molecule has 0 fully saturated rings. The minimum atomic E-state index is -0.519. The predicted molar refractivity (Wildman–Crippen MR) is 125 cm³/mol. The molecule has 0 bridgehead atoms. The fraction of sp³-hybridized carbons (Fsp3) is 0.462. The summed E-state index contributed by atoms with van der Waals surface area (Å²) in [6, 6.07) is 13.4. The standard InChI is InChI=1S/C26H36N2O3/c1-7-20(5)27-26(30)24(8-2)28(17-21-9-11-23(31-6)12-10-21)25(29)16-22-14-18(3)13-19(4)15-22/h9-15,20,24H,7-8,16-17H2,1-6H3,(H,27,30)/t20-,24+/m0/s1. The predicted octanol–water partition coefficient (Wildman–Crippen LogP) is 4.58. The number of amides is 2. The Labute approximate surface area is 186 Å².